The third-order valence-electron chi connectivity index (χ3n) is 2.24. The van der Waals surface area contributed by atoms with Crippen molar-refractivity contribution in [2.75, 3.05) is 12.0 Å². The minimum Gasteiger partial charge on any atom is -0.478 e. The molecule has 1 unspecified atom stereocenters. The maximum Gasteiger partial charge on any atom is 0.335 e. The fraction of sp³-hybridized carbons (Fsp3) is 0.364. The second-order valence-corrected chi connectivity index (χ2v) is 6.93. The molecule has 1 aromatic rings. The van der Waals surface area contributed by atoms with E-state index >= 15 is 0 Å². The Kier molecular flexibility index (Phi) is 5.66. The first kappa shape index (κ1) is 16.3. The molecule has 0 saturated carbocycles. The molecule has 0 amide bonds. The SMILES string of the molecule is CSCC(C)NS(=O)(=O)c1cc(C(=O)O)ccc1Cl. The summed E-state index contributed by atoms with van der Waals surface area (Å²) in [6.45, 7) is 1.73. The van der Waals surface area contributed by atoms with Gasteiger partial charge in [-0.3, -0.25) is 0 Å². The van der Waals surface area contributed by atoms with Gasteiger partial charge in [-0.15, -0.1) is 0 Å². The van der Waals surface area contributed by atoms with E-state index in [9.17, 15) is 13.2 Å². The topological polar surface area (TPSA) is 83.5 Å². The second-order valence-electron chi connectivity index (χ2n) is 3.93. The quantitative estimate of drug-likeness (QED) is 0.837. The first-order chi connectivity index (χ1) is 8.77. The van der Waals surface area contributed by atoms with Gasteiger partial charge in [0.1, 0.15) is 4.90 Å². The van der Waals surface area contributed by atoms with Crippen LogP contribution in [0, 0.1) is 0 Å². The highest BCUT2D eigenvalue weighted by atomic mass is 35.5. The first-order valence-electron chi connectivity index (χ1n) is 5.32. The second kappa shape index (κ2) is 6.60. The van der Waals surface area contributed by atoms with Gasteiger partial charge in [-0.1, -0.05) is 11.6 Å². The van der Waals surface area contributed by atoms with E-state index in [0.29, 0.717) is 5.75 Å². The number of sulfonamides is 1. The Hall–Kier alpha value is -0.760. The number of nitrogens with one attached hydrogen (secondary N) is 1. The molecule has 1 rings (SSSR count). The summed E-state index contributed by atoms with van der Waals surface area (Å²) in [4.78, 5) is 10.6. The molecule has 2 N–H and O–H groups in total. The Bertz CT molecular complexity index is 574. The monoisotopic (exact) mass is 323 g/mol. The highest BCUT2D eigenvalue weighted by molar-refractivity contribution is 7.98. The number of benzene rings is 1. The number of carbonyl (C=O) groups is 1. The lowest BCUT2D eigenvalue weighted by molar-refractivity contribution is 0.0696. The zero-order valence-corrected chi connectivity index (χ0v) is 12.8. The van der Waals surface area contributed by atoms with Crippen molar-refractivity contribution in [3.05, 3.63) is 28.8 Å². The largest absolute Gasteiger partial charge is 0.478 e. The molecule has 0 aliphatic carbocycles. The van der Waals surface area contributed by atoms with E-state index in [1.54, 1.807) is 6.92 Å². The minimum absolute atomic E-state index is 0.00569. The molecule has 0 spiro atoms. The van der Waals surface area contributed by atoms with Gasteiger partial charge in [0.2, 0.25) is 10.0 Å². The molecule has 0 aromatic heterocycles. The maximum atomic E-state index is 12.1. The molecule has 0 radical (unpaired) electrons. The normalized spacial score (nSPS) is 13.2. The Balaban J connectivity index is 3.13. The highest BCUT2D eigenvalue weighted by Gasteiger charge is 2.21. The Labute approximate surface area is 121 Å². The van der Waals surface area contributed by atoms with Gasteiger partial charge in [0, 0.05) is 11.8 Å². The van der Waals surface area contributed by atoms with E-state index in [-0.39, 0.29) is 21.5 Å². The molecule has 0 aliphatic heterocycles. The summed E-state index contributed by atoms with van der Waals surface area (Å²) in [5.41, 5.74) is -0.123. The Morgan fingerprint density at radius 2 is 2.16 bits per heavy atom. The number of halogens is 1. The van der Waals surface area contributed by atoms with Crippen molar-refractivity contribution in [1.82, 2.24) is 4.72 Å². The molecule has 1 aromatic carbocycles. The van der Waals surface area contributed by atoms with Crippen LogP contribution < -0.4 is 4.72 Å². The van der Waals surface area contributed by atoms with Gasteiger partial charge in [0.25, 0.3) is 0 Å². The van der Waals surface area contributed by atoms with E-state index in [1.165, 1.54) is 23.9 Å². The molecule has 0 fully saturated rings. The van der Waals surface area contributed by atoms with Crippen LogP contribution in [0.1, 0.15) is 17.3 Å². The molecule has 5 nitrogen and oxygen atoms in total. The molecule has 19 heavy (non-hydrogen) atoms. The number of thioether (sulfide) groups is 1. The third kappa shape index (κ3) is 4.38. The highest BCUT2D eigenvalue weighted by Crippen LogP contribution is 2.23. The fourth-order valence-electron chi connectivity index (χ4n) is 1.45. The predicted octanol–water partition coefficient (Wildman–Crippen LogP) is 2.07. The fourth-order valence-corrected chi connectivity index (χ4v) is 3.91. The van der Waals surface area contributed by atoms with Gasteiger partial charge in [-0.05, 0) is 31.4 Å². The predicted molar refractivity (Wildman–Crippen MR) is 76.6 cm³/mol. The lowest BCUT2D eigenvalue weighted by atomic mass is 10.2. The van der Waals surface area contributed by atoms with Crippen molar-refractivity contribution in [3.8, 4) is 0 Å². The minimum atomic E-state index is -3.83. The lowest BCUT2D eigenvalue weighted by Gasteiger charge is -2.14. The van der Waals surface area contributed by atoms with Crippen molar-refractivity contribution < 1.29 is 18.3 Å². The molecule has 0 bridgehead atoms. The number of rotatable bonds is 6. The van der Waals surface area contributed by atoms with E-state index in [2.05, 4.69) is 4.72 Å². The van der Waals surface area contributed by atoms with Gasteiger partial charge in [0.15, 0.2) is 0 Å². The van der Waals surface area contributed by atoms with Gasteiger partial charge in [0.05, 0.1) is 10.6 Å². The van der Waals surface area contributed by atoms with E-state index in [4.69, 9.17) is 16.7 Å². The Morgan fingerprint density at radius 3 is 2.68 bits per heavy atom. The average Bonchev–Trinajstić information content (AvgIpc) is 2.28. The molecular formula is C11H14ClNO4S2. The molecule has 106 valence electrons. The summed E-state index contributed by atoms with van der Waals surface area (Å²) in [7, 11) is -3.83. The molecule has 0 saturated heterocycles. The molecule has 1 atom stereocenters. The number of aromatic carboxylic acids is 1. The van der Waals surface area contributed by atoms with Gasteiger partial charge in [-0.25, -0.2) is 17.9 Å². The van der Waals surface area contributed by atoms with Crippen LogP contribution in [0.5, 0.6) is 0 Å². The number of carboxylic acids is 1. The van der Waals surface area contributed by atoms with Crippen LogP contribution in [0.15, 0.2) is 23.1 Å². The number of hydrogen-bond donors (Lipinski definition) is 2. The van der Waals surface area contributed by atoms with Crippen molar-refractivity contribution in [2.24, 2.45) is 0 Å². The summed E-state index contributed by atoms with van der Waals surface area (Å²) in [6, 6.07) is 3.30. The van der Waals surface area contributed by atoms with Crippen LogP contribution >= 0.6 is 23.4 Å². The van der Waals surface area contributed by atoms with Crippen molar-refractivity contribution in [1.29, 1.82) is 0 Å². The standard InChI is InChI=1S/C11H14ClNO4S2/c1-7(6-18-2)13-19(16,17)10-5-8(11(14)15)3-4-9(10)12/h3-5,7,13H,6H2,1-2H3,(H,14,15). The van der Waals surface area contributed by atoms with Crippen LogP contribution in [0.4, 0.5) is 0 Å². The van der Waals surface area contributed by atoms with Gasteiger partial charge >= 0.3 is 5.97 Å². The third-order valence-corrected chi connectivity index (χ3v) is 5.15. The number of carboxylic acid groups (broad SMARTS) is 1. The summed E-state index contributed by atoms with van der Waals surface area (Å²) < 4.78 is 26.7. The van der Waals surface area contributed by atoms with Crippen LogP contribution in [0.2, 0.25) is 5.02 Å². The molecule has 0 aliphatic rings. The average molecular weight is 324 g/mol. The van der Waals surface area contributed by atoms with Crippen LogP contribution in [-0.2, 0) is 10.0 Å². The van der Waals surface area contributed by atoms with E-state index in [1.807, 2.05) is 6.26 Å². The summed E-state index contributed by atoms with van der Waals surface area (Å²) in [5, 5.41) is 8.86. The molecule has 0 heterocycles. The number of hydrogen-bond acceptors (Lipinski definition) is 4. The van der Waals surface area contributed by atoms with Gasteiger partial charge < -0.3 is 5.11 Å². The first-order valence-corrected chi connectivity index (χ1v) is 8.57. The smallest absolute Gasteiger partial charge is 0.335 e. The van der Waals surface area contributed by atoms with Crippen LogP contribution in [0.25, 0.3) is 0 Å². The summed E-state index contributed by atoms with van der Waals surface area (Å²) in [5.74, 6) is -0.597. The van der Waals surface area contributed by atoms with Crippen molar-refractivity contribution >= 4 is 39.4 Å². The van der Waals surface area contributed by atoms with Crippen molar-refractivity contribution in [2.45, 2.75) is 17.9 Å². The van der Waals surface area contributed by atoms with Crippen LogP contribution in [0.3, 0.4) is 0 Å². The molecular weight excluding hydrogens is 310 g/mol. The summed E-state index contributed by atoms with van der Waals surface area (Å²) in [6.07, 6.45) is 1.86. The molecule has 8 heteroatoms. The maximum absolute atomic E-state index is 12.1. The lowest BCUT2D eigenvalue weighted by Crippen LogP contribution is -2.34. The van der Waals surface area contributed by atoms with Crippen LogP contribution in [-0.4, -0.2) is 37.5 Å². The summed E-state index contributed by atoms with van der Waals surface area (Å²) >= 11 is 7.33. The van der Waals surface area contributed by atoms with Gasteiger partial charge in [-0.2, -0.15) is 11.8 Å². The van der Waals surface area contributed by atoms with Crippen molar-refractivity contribution in [3.63, 3.8) is 0 Å². The zero-order chi connectivity index (χ0) is 14.6. The van der Waals surface area contributed by atoms with E-state index < -0.39 is 16.0 Å². The Morgan fingerprint density at radius 1 is 1.53 bits per heavy atom. The zero-order valence-electron chi connectivity index (χ0n) is 10.4. The van der Waals surface area contributed by atoms with E-state index in [0.717, 1.165) is 6.07 Å².